The molecular weight excluding hydrogens is 293 g/mol. The lowest BCUT2D eigenvalue weighted by Crippen LogP contribution is -2.05. The Morgan fingerprint density at radius 2 is 2.19 bits per heavy atom. The molecule has 4 nitrogen and oxygen atoms in total. The van der Waals surface area contributed by atoms with Crippen molar-refractivity contribution in [1.82, 2.24) is 5.16 Å². The number of hydrogen-bond acceptors (Lipinski definition) is 5. The van der Waals surface area contributed by atoms with Crippen LogP contribution in [0.25, 0.3) is 10.6 Å². The third-order valence-corrected chi connectivity index (χ3v) is 3.62. The molecule has 0 amide bonds. The van der Waals surface area contributed by atoms with Gasteiger partial charge in [0.1, 0.15) is 18.1 Å². The van der Waals surface area contributed by atoms with Gasteiger partial charge in [-0.3, -0.25) is 0 Å². The highest BCUT2D eigenvalue weighted by Crippen LogP contribution is 2.25. The van der Waals surface area contributed by atoms with Crippen LogP contribution in [-0.4, -0.2) is 11.1 Å². The third-order valence-electron chi connectivity index (χ3n) is 2.73. The van der Waals surface area contributed by atoms with E-state index in [1.165, 1.54) is 29.5 Å². The smallest absolute Gasteiger partial charge is 0.338 e. The first kappa shape index (κ1) is 13.5. The van der Waals surface area contributed by atoms with Gasteiger partial charge in [-0.05, 0) is 29.6 Å². The van der Waals surface area contributed by atoms with E-state index < -0.39 is 11.8 Å². The van der Waals surface area contributed by atoms with E-state index >= 15 is 0 Å². The number of ether oxygens (including phenoxy) is 1. The summed E-state index contributed by atoms with van der Waals surface area (Å²) in [6.45, 7) is -0.0236. The Labute approximate surface area is 123 Å². The van der Waals surface area contributed by atoms with Crippen LogP contribution in [0.3, 0.4) is 0 Å². The zero-order valence-electron chi connectivity index (χ0n) is 10.8. The summed E-state index contributed by atoms with van der Waals surface area (Å²) in [6.07, 6.45) is 0. The summed E-state index contributed by atoms with van der Waals surface area (Å²) < 4.78 is 23.3. The van der Waals surface area contributed by atoms with E-state index in [-0.39, 0.29) is 12.2 Å². The van der Waals surface area contributed by atoms with Gasteiger partial charge in [0.2, 0.25) is 0 Å². The number of nitrogens with zero attached hydrogens (tertiary/aromatic N) is 1. The standard InChI is InChI=1S/C15H10FNO3S/c16-11-4-1-3-10(7-11)15(18)19-9-12-8-13(20-17-12)14-5-2-6-21-14/h1-8H,9H2. The molecule has 0 aliphatic carbocycles. The number of carbonyl (C=O) groups is 1. The van der Waals surface area contributed by atoms with Crippen molar-refractivity contribution >= 4 is 17.3 Å². The molecule has 1 aromatic carbocycles. The van der Waals surface area contributed by atoms with Crippen LogP contribution >= 0.6 is 11.3 Å². The van der Waals surface area contributed by atoms with Crippen LogP contribution in [0.1, 0.15) is 16.1 Å². The maximum absolute atomic E-state index is 13.0. The van der Waals surface area contributed by atoms with Crippen LogP contribution in [0.2, 0.25) is 0 Å². The molecule has 3 rings (SSSR count). The second-order valence-electron chi connectivity index (χ2n) is 4.25. The molecule has 2 aromatic heterocycles. The molecule has 21 heavy (non-hydrogen) atoms. The number of thiophene rings is 1. The maximum atomic E-state index is 13.0. The second-order valence-corrected chi connectivity index (χ2v) is 5.19. The first-order valence-electron chi connectivity index (χ1n) is 6.14. The van der Waals surface area contributed by atoms with Crippen molar-refractivity contribution < 1.29 is 18.4 Å². The molecule has 0 radical (unpaired) electrons. The summed E-state index contributed by atoms with van der Waals surface area (Å²) in [5.74, 6) is -0.456. The van der Waals surface area contributed by atoms with E-state index in [4.69, 9.17) is 9.26 Å². The van der Waals surface area contributed by atoms with Crippen LogP contribution in [0, 0.1) is 5.82 Å². The fourth-order valence-corrected chi connectivity index (χ4v) is 2.43. The first-order chi connectivity index (χ1) is 10.2. The molecule has 0 saturated carbocycles. The summed E-state index contributed by atoms with van der Waals surface area (Å²) in [4.78, 5) is 12.7. The quantitative estimate of drug-likeness (QED) is 0.686. The molecule has 0 atom stereocenters. The molecule has 0 N–H and O–H groups in total. The molecular formula is C15H10FNO3S. The fraction of sp³-hybridized carbons (Fsp3) is 0.0667. The fourth-order valence-electron chi connectivity index (χ4n) is 1.75. The Kier molecular flexibility index (Phi) is 3.79. The topological polar surface area (TPSA) is 52.3 Å². The van der Waals surface area contributed by atoms with Gasteiger partial charge < -0.3 is 9.26 Å². The van der Waals surface area contributed by atoms with Crippen LogP contribution in [0.4, 0.5) is 4.39 Å². The lowest BCUT2D eigenvalue weighted by atomic mass is 10.2. The predicted octanol–water partition coefficient (Wildman–Crippen LogP) is 3.90. The predicted molar refractivity (Wildman–Crippen MR) is 75.3 cm³/mol. The monoisotopic (exact) mass is 303 g/mol. The zero-order chi connectivity index (χ0) is 14.7. The normalized spacial score (nSPS) is 10.5. The molecule has 2 heterocycles. The van der Waals surface area contributed by atoms with Crippen LogP contribution in [0.5, 0.6) is 0 Å². The van der Waals surface area contributed by atoms with E-state index in [0.717, 1.165) is 10.9 Å². The van der Waals surface area contributed by atoms with Crippen molar-refractivity contribution in [3.8, 4) is 10.6 Å². The number of halogens is 1. The van der Waals surface area contributed by atoms with Crippen LogP contribution in [0.15, 0.2) is 52.4 Å². The zero-order valence-corrected chi connectivity index (χ0v) is 11.6. The van der Waals surface area contributed by atoms with Gasteiger partial charge in [-0.25, -0.2) is 9.18 Å². The third kappa shape index (κ3) is 3.17. The van der Waals surface area contributed by atoms with Gasteiger partial charge in [-0.15, -0.1) is 11.3 Å². The number of hydrogen-bond donors (Lipinski definition) is 0. The number of carbonyl (C=O) groups excluding carboxylic acids is 1. The van der Waals surface area contributed by atoms with Crippen molar-refractivity contribution in [2.24, 2.45) is 0 Å². The van der Waals surface area contributed by atoms with Crippen molar-refractivity contribution in [2.45, 2.75) is 6.61 Å². The molecule has 0 saturated heterocycles. The van der Waals surface area contributed by atoms with Gasteiger partial charge in [0, 0.05) is 6.07 Å². The molecule has 0 bridgehead atoms. The average molecular weight is 303 g/mol. The van der Waals surface area contributed by atoms with Gasteiger partial charge in [0.25, 0.3) is 0 Å². The lowest BCUT2D eigenvalue weighted by molar-refractivity contribution is 0.0464. The Morgan fingerprint density at radius 1 is 1.29 bits per heavy atom. The van der Waals surface area contributed by atoms with E-state index in [1.54, 1.807) is 6.07 Å². The number of esters is 1. The summed E-state index contributed by atoms with van der Waals surface area (Å²) in [5, 5.41) is 5.77. The Balaban J connectivity index is 1.64. The SMILES string of the molecule is O=C(OCc1cc(-c2cccs2)on1)c1cccc(F)c1. The number of benzene rings is 1. The summed E-state index contributed by atoms with van der Waals surface area (Å²) in [7, 11) is 0. The van der Waals surface area contributed by atoms with E-state index in [2.05, 4.69) is 5.16 Å². The Morgan fingerprint density at radius 3 is 2.95 bits per heavy atom. The minimum atomic E-state index is -0.602. The first-order valence-corrected chi connectivity index (χ1v) is 7.02. The van der Waals surface area contributed by atoms with Gasteiger partial charge in [0.15, 0.2) is 5.76 Å². The molecule has 0 aliphatic rings. The van der Waals surface area contributed by atoms with Crippen molar-refractivity contribution in [1.29, 1.82) is 0 Å². The summed E-state index contributed by atoms with van der Waals surface area (Å²) >= 11 is 1.53. The van der Waals surface area contributed by atoms with Gasteiger partial charge in [0.05, 0.1) is 10.4 Å². The number of rotatable bonds is 4. The average Bonchev–Trinajstić information content (AvgIpc) is 3.15. The highest BCUT2D eigenvalue weighted by molar-refractivity contribution is 7.13. The molecule has 0 spiro atoms. The molecule has 3 aromatic rings. The molecule has 0 aliphatic heterocycles. The van der Waals surface area contributed by atoms with Crippen molar-refractivity contribution in [3.05, 3.63) is 64.9 Å². The van der Waals surface area contributed by atoms with Crippen LogP contribution in [-0.2, 0) is 11.3 Å². The lowest BCUT2D eigenvalue weighted by Gasteiger charge is -2.02. The minimum Gasteiger partial charge on any atom is -0.455 e. The molecule has 0 fully saturated rings. The van der Waals surface area contributed by atoms with Gasteiger partial charge in [-0.1, -0.05) is 17.3 Å². The molecule has 0 unspecified atom stereocenters. The summed E-state index contributed by atoms with van der Waals surface area (Å²) in [6, 6.07) is 10.9. The highest BCUT2D eigenvalue weighted by atomic mass is 32.1. The maximum Gasteiger partial charge on any atom is 0.338 e. The van der Waals surface area contributed by atoms with Gasteiger partial charge >= 0.3 is 5.97 Å². The van der Waals surface area contributed by atoms with E-state index in [1.807, 2.05) is 17.5 Å². The summed E-state index contributed by atoms with van der Waals surface area (Å²) in [5.41, 5.74) is 0.667. The Bertz CT molecular complexity index is 752. The van der Waals surface area contributed by atoms with Gasteiger partial charge in [-0.2, -0.15) is 0 Å². The van der Waals surface area contributed by atoms with Crippen molar-refractivity contribution in [2.75, 3.05) is 0 Å². The number of aromatic nitrogens is 1. The van der Waals surface area contributed by atoms with E-state index in [9.17, 15) is 9.18 Å². The second kappa shape index (κ2) is 5.88. The highest BCUT2D eigenvalue weighted by Gasteiger charge is 2.11. The molecule has 106 valence electrons. The van der Waals surface area contributed by atoms with Crippen LogP contribution < -0.4 is 0 Å². The van der Waals surface area contributed by atoms with E-state index in [0.29, 0.717) is 11.5 Å². The van der Waals surface area contributed by atoms with Crippen molar-refractivity contribution in [3.63, 3.8) is 0 Å². The largest absolute Gasteiger partial charge is 0.455 e. The molecule has 6 heteroatoms. The minimum absolute atomic E-state index is 0.0236. The Hall–Kier alpha value is -2.47.